The molecule has 0 N–H and O–H groups in total. The number of hydrogen-bond donors (Lipinski definition) is 0. The Bertz CT molecular complexity index is 495. The average molecular weight is 273 g/mol. The SMILES string of the molecule is O=C1CCC(c2ccccc2)=NN1CN1CCOCC1. The molecule has 0 atom stereocenters. The molecular formula is C15H19N3O2. The van der Waals surface area contributed by atoms with Crippen LogP contribution in [-0.4, -0.2) is 54.5 Å². The summed E-state index contributed by atoms with van der Waals surface area (Å²) in [5.41, 5.74) is 2.10. The standard InChI is InChI=1S/C15H19N3O2/c19-15-7-6-14(13-4-2-1-3-5-13)16-18(15)12-17-8-10-20-11-9-17/h1-5H,6-12H2. The lowest BCUT2D eigenvalue weighted by Gasteiger charge is -2.32. The summed E-state index contributed by atoms with van der Waals surface area (Å²) >= 11 is 0. The Kier molecular flexibility index (Phi) is 4.08. The number of carbonyl (C=O) groups excluding carboxylic acids is 1. The van der Waals surface area contributed by atoms with Crippen LogP contribution < -0.4 is 0 Å². The third-order valence-electron chi connectivity index (χ3n) is 3.65. The molecule has 1 amide bonds. The molecule has 1 fully saturated rings. The molecule has 2 aliphatic rings. The number of carbonyl (C=O) groups is 1. The second-order valence-electron chi connectivity index (χ2n) is 5.08. The Morgan fingerprint density at radius 2 is 1.85 bits per heavy atom. The van der Waals surface area contributed by atoms with E-state index in [0.717, 1.165) is 44.0 Å². The van der Waals surface area contributed by atoms with Gasteiger partial charge in [0.15, 0.2) is 0 Å². The first-order valence-electron chi connectivity index (χ1n) is 7.06. The summed E-state index contributed by atoms with van der Waals surface area (Å²) in [7, 11) is 0. The third-order valence-corrected chi connectivity index (χ3v) is 3.65. The molecule has 1 aromatic rings. The van der Waals surface area contributed by atoms with E-state index in [1.165, 1.54) is 0 Å². The van der Waals surface area contributed by atoms with Crippen LogP contribution in [0.4, 0.5) is 0 Å². The van der Waals surface area contributed by atoms with Crippen LogP contribution >= 0.6 is 0 Å². The maximum atomic E-state index is 12.0. The van der Waals surface area contributed by atoms with Crippen molar-refractivity contribution in [3.8, 4) is 0 Å². The van der Waals surface area contributed by atoms with E-state index in [9.17, 15) is 4.79 Å². The maximum Gasteiger partial charge on any atom is 0.244 e. The van der Waals surface area contributed by atoms with Gasteiger partial charge >= 0.3 is 0 Å². The fraction of sp³-hybridized carbons (Fsp3) is 0.467. The van der Waals surface area contributed by atoms with Crippen LogP contribution in [-0.2, 0) is 9.53 Å². The highest BCUT2D eigenvalue weighted by Crippen LogP contribution is 2.15. The van der Waals surface area contributed by atoms with Gasteiger partial charge in [-0.3, -0.25) is 9.69 Å². The Morgan fingerprint density at radius 1 is 1.10 bits per heavy atom. The maximum absolute atomic E-state index is 12.0. The minimum atomic E-state index is 0.108. The molecule has 0 bridgehead atoms. The van der Waals surface area contributed by atoms with Gasteiger partial charge in [-0.15, -0.1) is 0 Å². The highest BCUT2D eigenvalue weighted by molar-refractivity contribution is 6.04. The summed E-state index contributed by atoms with van der Waals surface area (Å²) in [4.78, 5) is 14.2. The van der Waals surface area contributed by atoms with E-state index in [4.69, 9.17) is 4.74 Å². The van der Waals surface area contributed by atoms with Gasteiger partial charge in [0.1, 0.15) is 0 Å². The molecule has 1 aromatic carbocycles. The van der Waals surface area contributed by atoms with Crippen molar-refractivity contribution in [3.05, 3.63) is 35.9 Å². The van der Waals surface area contributed by atoms with E-state index in [1.807, 2.05) is 30.3 Å². The monoisotopic (exact) mass is 273 g/mol. The summed E-state index contributed by atoms with van der Waals surface area (Å²) in [6.07, 6.45) is 1.26. The van der Waals surface area contributed by atoms with Crippen molar-refractivity contribution in [1.29, 1.82) is 0 Å². The molecule has 0 unspecified atom stereocenters. The summed E-state index contributed by atoms with van der Waals surface area (Å²) in [5.74, 6) is 0.108. The first-order chi connectivity index (χ1) is 9.83. The van der Waals surface area contributed by atoms with Gasteiger partial charge in [-0.25, -0.2) is 5.01 Å². The molecular weight excluding hydrogens is 254 g/mol. The smallest absolute Gasteiger partial charge is 0.244 e. The normalized spacial score (nSPS) is 20.9. The molecule has 0 aliphatic carbocycles. The number of amides is 1. The molecule has 0 saturated carbocycles. The number of rotatable bonds is 3. The number of hydrogen-bond acceptors (Lipinski definition) is 4. The van der Waals surface area contributed by atoms with Crippen LogP contribution in [0.1, 0.15) is 18.4 Å². The highest BCUT2D eigenvalue weighted by atomic mass is 16.5. The van der Waals surface area contributed by atoms with Crippen LogP contribution in [0.25, 0.3) is 0 Å². The van der Waals surface area contributed by atoms with Crippen molar-refractivity contribution in [1.82, 2.24) is 9.91 Å². The average Bonchev–Trinajstić information content (AvgIpc) is 2.51. The molecule has 1 saturated heterocycles. The van der Waals surface area contributed by atoms with E-state index >= 15 is 0 Å². The topological polar surface area (TPSA) is 45.1 Å². The number of morpholine rings is 1. The summed E-state index contributed by atoms with van der Waals surface area (Å²) in [6, 6.07) is 10.1. The van der Waals surface area contributed by atoms with E-state index in [2.05, 4.69) is 10.0 Å². The van der Waals surface area contributed by atoms with Crippen LogP contribution in [0.2, 0.25) is 0 Å². The Balaban J connectivity index is 1.73. The molecule has 106 valence electrons. The van der Waals surface area contributed by atoms with Gasteiger partial charge in [0, 0.05) is 25.9 Å². The first kappa shape index (κ1) is 13.3. The van der Waals surface area contributed by atoms with Crippen LogP contribution in [0.3, 0.4) is 0 Å². The van der Waals surface area contributed by atoms with Crippen molar-refractivity contribution >= 4 is 11.6 Å². The van der Waals surface area contributed by atoms with Crippen molar-refractivity contribution in [2.24, 2.45) is 5.10 Å². The van der Waals surface area contributed by atoms with Gasteiger partial charge in [-0.05, 0) is 5.56 Å². The van der Waals surface area contributed by atoms with E-state index < -0.39 is 0 Å². The molecule has 20 heavy (non-hydrogen) atoms. The molecule has 0 aromatic heterocycles. The Hall–Kier alpha value is -1.72. The first-order valence-corrected chi connectivity index (χ1v) is 7.06. The number of hydrazone groups is 1. The highest BCUT2D eigenvalue weighted by Gasteiger charge is 2.23. The molecule has 0 spiro atoms. The Labute approximate surface area is 118 Å². The lowest BCUT2D eigenvalue weighted by Crippen LogP contribution is -2.45. The van der Waals surface area contributed by atoms with Crippen molar-refractivity contribution in [2.75, 3.05) is 33.0 Å². The number of benzene rings is 1. The minimum Gasteiger partial charge on any atom is -0.379 e. The van der Waals surface area contributed by atoms with Gasteiger partial charge in [0.05, 0.1) is 25.6 Å². The summed E-state index contributed by atoms with van der Waals surface area (Å²) < 4.78 is 5.33. The molecule has 5 heteroatoms. The predicted octanol–water partition coefficient (Wildman–Crippen LogP) is 1.30. The Morgan fingerprint density at radius 3 is 2.60 bits per heavy atom. The zero-order chi connectivity index (χ0) is 13.8. The predicted molar refractivity (Wildman–Crippen MR) is 76.3 cm³/mol. The third kappa shape index (κ3) is 3.05. The van der Waals surface area contributed by atoms with Crippen LogP contribution in [0, 0.1) is 0 Å². The van der Waals surface area contributed by atoms with Crippen molar-refractivity contribution < 1.29 is 9.53 Å². The molecule has 3 rings (SSSR count). The largest absolute Gasteiger partial charge is 0.379 e. The molecule has 2 aliphatic heterocycles. The van der Waals surface area contributed by atoms with Gasteiger partial charge < -0.3 is 4.74 Å². The summed E-state index contributed by atoms with van der Waals surface area (Å²) in [6.45, 7) is 3.76. The van der Waals surface area contributed by atoms with Gasteiger partial charge in [0.2, 0.25) is 5.91 Å². The van der Waals surface area contributed by atoms with Gasteiger partial charge in [-0.1, -0.05) is 30.3 Å². The number of nitrogens with zero attached hydrogens (tertiary/aromatic N) is 3. The lowest BCUT2D eigenvalue weighted by atomic mass is 10.0. The van der Waals surface area contributed by atoms with E-state index in [1.54, 1.807) is 5.01 Å². The molecule has 0 radical (unpaired) electrons. The summed E-state index contributed by atoms with van der Waals surface area (Å²) in [5, 5.41) is 6.15. The van der Waals surface area contributed by atoms with Crippen LogP contribution in [0.5, 0.6) is 0 Å². The van der Waals surface area contributed by atoms with Crippen molar-refractivity contribution in [3.63, 3.8) is 0 Å². The van der Waals surface area contributed by atoms with Gasteiger partial charge in [0.25, 0.3) is 0 Å². The minimum absolute atomic E-state index is 0.108. The van der Waals surface area contributed by atoms with Crippen LogP contribution in [0.15, 0.2) is 35.4 Å². The van der Waals surface area contributed by atoms with Crippen molar-refractivity contribution in [2.45, 2.75) is 12.8 Å². The molecule has 2 heterocycles. The van der Waals surface area contributed by atoms with E-state index in [-0.39, 0.29) is 5.91 Å². The fourth-order valence-electron chi connectivity index (χ4n) is 2.48. The fourth-order valence-corrected chi connectivity index (χ4v) is 2.48. The van der Waals surface area contributed by atoms with Gasteiger partial charge in [-0.2, -0.15) is 5.10 Å². The lowest BCUT2D eigenvalue weighted by molar-refractivity contribution is -0.135. The number of ether oxygens (including phenoxy) is 1. The quantitative estimate of drug-likeness (QED) is 0.834. The zero-order valence-electron chi connectivity index (χ0n) is 11.5. The zero-order valence-corrected chi connectivity index (χ0v) is 11.5. The molecule has 5 nitrogen and oxygen atoms in total. The van der Waals surface area contributed by atoms with E-state index in [0.29, 0.717) is 13.1 Å². The second kappa shape index (κ2) is 6.15. The second-order valence-corrected chi connectivity index (χ2v) is 5.08.